The Bertz CT molecular complexity index is 1020. The van der Waals surface area contributed by atoms with Crippen LogP contribution in [0.5, 0.6) is 11.5 Å². The number of carbonyl (C=O) groups excluding carboxylic acids is 3. The Balaban J connectivity index is 1.50. The highest BCUT2D eigenvalue weighted by Crippen LogP contribution is 2.29. The van der Waals surface area contributed by atoms with Crippen molar-refractivity contribution in [1.29, 1.82) is 0 Å². The molecule has 10 heteroatoms. The van der Waals surface area contributed by atoms with Crippen LogP contribution in [0.4, 0.5) is 13.6 Å². The molecule has 1 heterocycles. The van der Waals surface area contributed by atoms with Crippen LogP contribution in [0, 0.1) is 11.6 Å². The fourth-order valence-electron chi connectivity index (χ4n) is 3.20. The Kier molecular flexibility index (Phi) is 6.92. The third-order valence-corrected chi connectivity index (χ3v) is 4.90. The van der Waals surface area contributed by atoms with Gasteiger partial charge < -0.3 is 20.1 Å². The number of carbonyl (C=O) groups is 3. The molecule has 1 aliphatic heterocycles. The predicted octanol–water partition coefficient (Wildman–Crippen LogP) is 2.33. The van der Waals surface area contributed by atoms with Gasteiger partial charge in [-0.1, -0.05) is 6.07 Å². The number of benzene rings is 2. The first kappa shape index (κ1) is 23.0. The smallest absolute Gasteiger partial charge is 0.325 e. The molecule has 0 unspecified atom stereocenters. The van der Waals surface area contributed by atoms with Gasteiger partial charge in [0.25, 0.3) is 5.91 Å². The average Bonchev–Trinajstić information content (AvgIpc) is 2.98. The van der Waals surface area contributed by atoms with Crippen LogP contribution in [0.3, 0.4) is 0 Å². The third kappa shape index (κ3) is 4.96. The van der Waals surface area contributed by atoms with Crippen molar-refractivity contribution in [3.05, 3.63) is 59.7 Å². The monoisotopic (exact) mass is 447 g/mol. The van der Waals surface area contributed by atoms with Gasteiger partial charge in [-0.3, -0.25) is 14.5 Å². The minimum atomic E-state index is -1.61. The SMILES string of the molecule is CCOc1ccc(OCCNC(=O)CN2C(=O)N[C@@](C)(c3ccc(F)c(F)c3)C2=O)cc1. The van der Waals surface area contributed by atoms with Crippen molar-refractivity contribution in [2.75, 3.05) is 26.3 Å². The summed E-state index contributed by atoms with van der Waals surface area (Å²) in [7, 11) is 0. The van der Waals surface area contributed by atoms with Crippen molar-refractivity contribution in [3.63, 3.8) is 0 Å². The molecule has 0 spiro atoms. The quantitative estimate of drug-likeness (QED) is 0.454. The molecule has 0 bridgehead atoms. The van der Waals surface area contributed by atoms with Gasteiger partial charge in [-0.2, -0.15) is 0 Å². The molecule has 8 nitrogen and oxygen atoms in total. The highest BCUT2D eigenvalue weighted by Gasteiger charge is 2.49. The van der Waals surface area contributed by atoms with Gasteiger partial charge in [-0.25, -0.2) is 13.6 Å². The van der Waals surface area contributed by atoms with Crippen molar-refractivity contribution in [3.8, 4) is 11.5 Å². The second kappa shape index (κ2) is 9.63. The summed E-state index contributed by atoms with van der Waals surface area (Å²) in [4.78, 5) is 38.0. The average molecular weight is 447 g/mol. The van der Waals surface area contributed by atoms with Gasteiger partial charge in [-0.15, -0.1) is 0 Å². The highest BCUT2D eigenvalue weighted by molar-refractivity contribution is 6.09. The van der Waals surface area contributed by atoms with E-state index >= 15 is 0 Å². The number of nitrogens with zero attached hydrogens (tertiary/aromatic N) is 1. The highest BCUT2D eigenvalue weighted by atomic mass is 19.2. The van der Waals surface area contributed by atoms with Crippen LogP contribution in [-0.4, -0.2) is 49.0 Å². The van der Waals surface area contributed by atoms with Gasteiger partial charge in [0.05, 0.1) is 13.2 Å². The topological polar surface area (TPSA) is 97.0 Å². The number of imide groups is 1. The molecular formula is C22H23F2N3O5. The first-order valence-electron chi connectivity index (χ1n) is 9.96. The van der Waals surface area contributed by atoms with E-state index < -0.39 is 41.6 Å². The van der Waals surface area contributed by atoms with E-state index in [1.54, 1.807) is 24.3 Å². The number of urea groups is 1. The van der Waals surface area contributed by atoms with Gasteiger partial charge >= 0.3 is 6.03 Å². The lowest BCUT2D eigenvalue weighted by molar-refractivity contribution is -0.134. The van der Waals surface area contributed by atoms with E-state index in [0.717, 1.165) is 22.8 Å². The summed E-state index contributed by atoms with van der Waals surface area (Å²) < 4.78 is 37.7. The summed E-state index contributed by atoms with van der Waals surface area (Å²) in [6, 6.07) is 9.11. The summed E-state index contributed by atoms with van der Waals surface area (Å²) in [5.74, 6) is -2.21. The number of hydrogen-bond donors (Lipinski definition) is 2. The molecule has 2 N–H and O–H groups in total. The minimum Gasteiger partial charge on any atom is -0.494 e. The summed E-state index contributed by atoms with van der Waals surface area (Å²) in [6.07, 6.45) is 0. The van der Waals surface area contributed by atoms with Gasteiger partial charge in [-0.05, 0) is 55.8 Å². The molecule has 1 aliphatic rings. The van der Waals surface area contributed by atoms with E-state index in [2.05, 4.69) is 10.6 Å². The lowest BCUT2D eigenvalue weighted by atomic mass is 9.92. The Hall–Kier alpha value is -3.69. The van der Waals surface area contributed by atoms with Crippen LogP contribution in [-0.2, 0) is 15.1 Å². The lowest BCUT2D eigenvalue weighted by Gasteiger charge is -2.22. The van der Waals surface area contributed by atoms with E-state index in [-0.39, 0.29) is 18.7 Å². The molecule has 1 fully saturated rings. The Morgan fingerprint density at radius 2 is 1.72 bits per heavy atom. The van der Waals surface area contributed by atoms with Crippen molar-refractivity contribution < 1.29 is 32.6 Å². The van der Waals surface area contributed by atoms with E-state index in [1.807, 2.05) is 6.92 Å². The fourth-order valence-corrected chi connectivity index (χ4v) is 3.20. The number of nitrogens with one attached hydrogen (secondary N) is 2. The number of amides is 4. The zero-order valence-corrected chi connectivity index (χ0v) is 17.6. The maximum Gasteiger partial charge on any atom is 0.325 e. The summed E-state index contributed by atoms with van der Waals surface area (Å²) in [6.45, 7) is 3.61. The molecule has 32 heavy (non-hydrogen) atoms. The molecule has 1 saturated heterocycles. The molecule has 0 saturated carbocycles. The van der Waals surface area contributed by atoms with Crippen LogP contribution < -0.4 is 20.1 Å². The lowest BCUT2D eigenvalue weighted by Crippen LogP contribution is -2.43. The van der Waals surface area contributed by atoms with E-state index in [9.17, 15) is 23.2 Å². The first-order chi connectivity index (χ1) is 15.2. The summed E-state index contributed by atoms with van der Waals surface area (Å²) in [5.41, 5.74) is -1.54. The minimum absolute atomic E-state index is 0.0708. The molecule has 4 amide bonds. The maximum absolute atomic E-state index is 13.6. The molecule has 0 aliphatic carbocycles. The van der Waals surface area contributed by atoms with Gasteiger partial charge in [0.2, 0.25) is 5.91 Å². The Morgan fingerprint density at radius 3 is 2.34 bits per heavy atom. The molecular weight excluding hydrogens is 424 g/mol. The summed E-state index contributed by atoms with van der Waals surface area (Å²) >= 11 is 0. The van der Waals surface area contributed by atoms with Crippen LogP contribution in [0.15, 0.2) is 42.5 Å². The Morgan fingerprint density at radius 1 is 1.06 bits per heavy atom. The zero-order chi connectivity index (χ0) is 23.3. The van der Waals surface area contributed by atoms with E-state index in [4.69, 9.17) is 9.47 Å². The van der Waals surface area contributed by atoms with Gasteiger partial charge in [0.1, 0.15) is 30.2 Å². The molecule has 2 aromatic carbocycles. The van der Waals surface area contributed by atoms with Crippen molar-refractivity contribution in [2.45, 2.75) is 19.4 Å². The zero-order valence-electron chi connectivity index (χ0n) is 17.6. The van der Waals surface area contributed by atoms with Gasteiger partial charge in [0.15, 0.2) is 11.6 Å². The molecule has 3 rings (SSSR count). The summed E-state index contributed by atoms with van der Waals surface area (Å²) in [5, 5.41) is 5.00. The number of halogens is 2. The van der Waals surface area contributed by atoms with E-state index in [0.29, 0.717) is 12.4 Å². The molecule has 0 aromatic heterocycles. The van der Waals surface area contributed by atoms with Crippen molar-refractivity contribution in [2.24, 2.45) is 0 Å². The standard InChI is InChI=1S/C22H23F2N3O5/c1-3-31-15-5-7-16(8-6-15)32-11-10-25-19(28)13-27-20(29)22(2,26-21(27)30)14-4-9-17(23)18(24)12-14/h4-9,12H,3,10-11,13H2,1-2H3,(H,25,28)(H,26,30)/t22-/m0/s1. The van der Waals surface area contributed by atoms with Crippen LogP contribution in [0.1, 0.15) is 19.4 Å². The number of rotatable bonds is 9. The van der Waals surface area contributed by atoms with Crippen molar-refractivity contribution in [1.82, 2.24) is 15.5 Å². The number of ether oxygens (including phenoxy) is 2. The fraction of sp³-hybridized carbons (Fsp3) is 0.318. The second-order valence-corrected chi connectivity index (χ2v) is 7.18. The van der Waals surface area contributed by atoms with E-state index in [1.165, 1.54) is 13.0 Å². The van der Waals surface area contributed by atoms with Gasteiger partial charge in [0, 0.05) is 0 Å². The normalized spacial score (nSPS) is 17.8. The maximum atomic E-state index is 13.6. The third-order valence-electron chi connectivity index (χ3n) is 4.90. The van der Waals surface area contributed by atoms with Crippen LogP contribution >= 0.6 is 0 Å². The Labute approximate surface area is 183 Å². The van der Waals surface area contributed by atoms with Crippen molar-refractivity contribution >= 4 is 17.8 Å². The molecule has 0 radical (unpaired) electrons. The molecule has 2 aromatic rings. The molecule has 170 valence electrons. The second-order valence-electron chi connectivity index (χ2n) is 7.18. The predicted molar refractivity (Wildman–Crippen MR) is 110 cm³/mol. The molecule has 1 atom stereocenters. The van der Waals surface area contributed by atoms with Crippen LogP contribution in [0.25, 0.3) is 0 Å². The van der Waals surface area contributed by atoms with Crippen LogP contribution in [0.2, 0.25) is 0 Å². The first-order valence-corrected chi connectivity index (χ1v) is 9.96. The largest absolute Gasteiger partial charge is 0.494 e. The number of hydrogen-bond acceptors (Lipinski definition) is 5.